The molecule has 0 saturated carbocycles. The van der Waals surface area contributed by atoms with Crippen molar-refractivity contribution in [1.29, 1.82) is 0 Å². The Morgan fingerprint density at radius 2 is 1.88 bits per heavy atom. The third-order valence-corrected chi connectivity index (χ3v) is 5.68. The number of fused-ring (bicyclic) bond motifs is 1. The molecule has 1 fully saturated rings. The number of aromatic nitrogens is 2. The second kappa shape index (κ2) is 7.99. The molecule has 6 nitrogen and oxygen atoms in total. The Balaban J connectivity index is 1.25. The largest absolute Gasteiger partial charge is 0.488 e. The number of thiazole rings is 1. The molecule has 1 saturated heterocycles. The van der Waals surface area contributed by atoms with Gasteiger partial charge in [0.1, 0.15) is 57.3 Å². The molecule has 0 radical (unpaired) electrons. The number of benzene rings is 1. The van der Waals surface area contributed by atoms with Crippen LogP contribution in [0.1, 0.15) is 5.69 Å². The van der Waals surface area contributed by atoms with Crippen molar-refractivity contribution in [2.75, 3.05) is 39.3 Å². The van der Waals surface area contributed by atoms with Crippen molar-refractivity contribution in [1.82, 2.24) is 9.38 Å². The molecule has 0 bridgehead atoms. The third-order valence-electron chi connectivity index (χ3n) is 4.92. The summed E-state index contributed by atoms with van der Waals surface area (Å²) < 4.78 is 7.41. The Morgan fingerprint density at radius 3 is 2.69 bits per heavy atom. The zero-order chi connectivity index (χ0) is 17.8. The summed E-state index contributed by atoms with van der Waals surface area (Å²) >= 11 is 1.51. The van der Waals surface area contributed by atoms with Crippen molar-refractivity contribution in [2.45, 2.75) is 6.54 Å². The molecule has 2 aromatic heterocycles. The quantitative estimate of drug-likeness (QED) is 0.591. The van der Waals surface area contributed by atoms with E-state index in [0.717, 1.165) is 62.3 Å². The van der Waals surface area contributed by atoms with Crippen LogP contribution in [0.4, 0.5) is 0 Å². The highest BCUT2D eigenvalue weighted by Crippen LogP contribution is 2.07. The SMILES string of the molecule is O=c1cc(C[NH+]2CC[NH+](CCOc3ccccc3)CC2)nc2sccn12. The van der Waals surface area contributed by atoms with Gasteiger partial charge in [-0.15, -0.1) is 11.3 Å². The summed E-state index contributed by atoms with van der Waals surface area (Å²) in [7, 11) is 0. The van der Waals surface area contributed by atoms with Gasteiger partial charge in [0.2, 0.25) is 0 Å². The van der Waals surface area contributed by atoms with E-state index in [1.807, 2.05) is 35.7 Å². The molecular formula is C19H24N4O2S+2. The Hall–Kier alpha value is -2.22. The summed E-state index contributed by atoms with van der Waals surface area (Å²) in [4.78, 5) is 20.6. The van der Waals surface area contributed by atoms with E-state index in [1.54, 1.807) is 21.6 Å². The number of nitrogens with zero attached hydrogens (tertiary/aromatic N) is 2. The molecule has 0 aliphatic carbocycles. The molecule has 2 N–H and O–H groups in total. The lowest BCUT2D eigenvalue weighted by Gasteiger charge is -2.29. The molecule has 0 spiro atoms. The average Bonchev–Trinajstić information content (AvgIpc) is 3.13. The van der Waals surface area contributed by atoms with Crippen molar-refractivity contribution in [3.8, 4) is 5.75 Å². The van der Waals surface area contributed by atoms with Crippen molar-refractivity contribution in [2.24, 2.45) is 0 Å². The van der Waals surface area contributed by atoms with E-state index in [9.17, 15) is 4.79 Å². The first-order chi connectivity index (χ1) is 12.8. The first kappa shape index (κ1) is 17.2. The third kappa shape index (κ3) is 4.12. The van der Waals surface area contributed by atoms with Crippen LogP contribution < -0.4 is 20.1 Å². The molecule has 0 amide bonds. The van der Waals surface area contributed by atoms with Crippen LogP contribution in [0.2, 0.25) is 0 Å². The Kier molecular flexibility index (Phi) is 5.29. The second-order valence-corrected chi connectivity index (χ2v) is 7.60. The molecule has 1 aliphatic rings. The highest BCUT2D eigenvalue weighted by atomic mass is 32.1. The summed E-state index contributed by atoms with van der Waals surface area (Å²) in [5.41, 5.74) is 0.927. The lowest BCUT2D eigenvalue weighted by Crippen LogP contribution is -3.27. The standard InChI is InChI=1S/C19H22N4O2S/c24-18-14-16(20-19-23(18)11-13-26-19)15-22-8-6-21(7-9-22)10-12-25-17-4-2-1-3-5-17/h1-5,11,13-14H,6-10,12,15H2/p+2. The number of hydrogen-bond donors (Lipinski definition) is 2. The molecule has 0 atom stereocenters. The van der Waals surface area contributed by atoms with Gasteiger partial charge < -0.3 is 14.5 Å². The molecule has 3 aromatic rings. The first-order valence-electron chi connectivity index (χ1n) is 9.09. The maximum Gasteiger partial charge on any atom is 0.258 e. The van der Waals surface area contributed by atoms with E-state index in [-0.39, 0.29) is 5.56 Å². The maximum absolute atomic E-state index is 12.1. The Bertz CT molecular complexity index is 901. The molecule has 1 aliphatic heterocycles. The maximum atomic E-state index is 12.1. The van der Waals surface area contributed by atoms with E-state index < -0.39 is 0 Å². The van der Waals surface area contributed by atoms with Crippen molar-refractivity contribution >= 4 is 16.3 Å². The Labute approximate surface area is 156 Å². The molecule has 4 rings (SSSR count). The van der Waals surface area contributed by atoms with Gasteiger partial charge in [-0.25, -0.2) is 4.98 Å². The second-order valence-electron chi connectivity index (χ2n) is 6.73. The van der Waals surface area contributed by atoms with Crippen LogP contribution in [0.3, 0.4) is 0 Å². The number of para-hydroxylation sites is 1. The van der Waals surface area contributed by atoms with Crippen molar-refractivity contribution < 1.29 is 14.5 Å². The van der Waals surface area contributed by atoms with E-state index in [0.29, 0.717) is 0 Å². The highest BCUT2D eigenvalue weighted by molar-refractivity contribution is 7.15. The minimum atomic E-state index is 0.0213. The van der Waals surface area contributed by atoms with E-state index in [4.69, 9.17) is 4.74 Å². The molecule has 3 heterocycles. The van der Waals surface area contributed by atoms with Crippen LogP contribution in [-0.4, -0.2) is 48.7 Å². The molecule has 136 valence electrons. The molecule has 7 heteroatoms. The van der Waals surface area contributed by atoms with Gasteiger partial charge in [-0.05, 0) is 12.1 Å². The van der Waals surface area contributed by atoms with Crippen LogP contribution in [0.25, 0.3) is 4.96 Å². The van der Waals surface area contributed by atoms with Gasteiger partial charge in [0.05, 0.1) is 0 Å². The number of ether oxygens (including phenoxy) is 1. The fourth-order valence-electron chi connectivity index (χ4n) is 3.45. The molecule has 26 heavy (non-hydrogen) atoms. The van der Waals surface area contributed by atoms with Gasteiger partial charge in [0.25, 0.3) is 5.56 Å². The highest BCUT2D eigenvalue weighted by Gasteiger charge is 2.23. The number of quaternary nitrogens is 2. The van der Waals surface area contributed by atoms with Gasteiger partial charge in [-0.2, -0.15) is 0 Å². The number of piperazine rings is 1. The zero-order valence-corrected chi connectivity index (χ0v) is 15.5. The van der Waals surface area contributed by atoms with Crippen molar-refractivity contribution in [3.63, 3.8) is 0 Å². The average molecular weight is 372 g/mol. The number of rotatable bonds is 6. The van der Waals surface area contributed by atoms with Crippen LogP contribution >= 0.6 is 11.3 Å². The lowest BCUT2D eigenvalue weighted by atomic mass is 10.3. The summed E-state index contributed by atoms with van der Waals surface area (Å²) in [6.07, 6.45) is 1.78. The summed E-state index contributed by atoms with van der Waals surface area (Å²) in [5.74, 6) is 0.942. The van der Waals surface area contributed by atoms with E-state index in [2.05, 4.69) is 4.98 Å². The number of nitrogens with one attached hydrogen (secondary N) is 2. The lowest BCUT2D eigenvalue weighted by molar-refractivity contribution is -1.02. The first-order valence-corrected chi connectivity index (χ1v) is 9.97. The summed E-state index contributed by atoms with van der Waals surface area (Å²) in [6, 6.07) is 11.7. The molecule has 0 unspecified atom stereocenters. The fourth-order valence-corrected chi connectivity index (χ4v) is 4.19. The van der Waals surface area contributed by atoms with E-state index in [1.165, 1.54) is 16.2 Å². The minimum absolute atomic E-state index is 0.0213. The predicted octanol–water partition coefficient (Wildman–Crippen LogP) is -0.882. The molecular weight excluding hydrogens is 348 g/mol. The fraction of sp³-hybridized carbons (Fsp3) is 0.368. The topological polar surface area (TPSA) is 52.5 Å². The van der Waals surface area contributed by atoms with Crippen LogP contribution in [0, 0.1) is 0 Å². The summed E-state index contributed by atoms with van der Waals surface area (Å²) in [6.45, 7) is 7.09. The predicted molar refractivity (Wildman–Crippen MR) is 101 cm³/mol. The van der Waals surface area contributed by atoms with Crippen molar-refractivity contribution in [3.05, 3.63) is 64.0 Å². The number of hydrogen-bond acceptors (Lipinski definition) is 4. The smallest absolute Gasteiger partial charge is 0.258 e. The summed E-state index contributed by atoms with van der Waals surface area (Å²) in [5, 5.41) is 1.90. The van der Waals surface area contributed by atoms with Gasteiger partial charge in [-0.1, -0.05) is 18.2 Å². The Morgan fingerprint density at radius 1 is 1.12 bits per heavy atom. The molecule has 1 aromatic carbocycles. The normalized spacial score (nSPS) is 20.3. The van der Waals surface area contributed by atoms with E-state index >= 15 is 0 Å². The van der Waals surface area contributed by atoms with Gasteiger partial charge in [0.15, 0.2) is 4.96 Å². The minimum Gasteiger partial charge on any atom is -0.488 e. The van der Waals surface area contributed by atoms with Gasteiger partial charge in [0, 0.05) is 17.6 Å². The van der Waals surface area contributed by atoms with Gasteiger partial charge in [-0.3, -0.25) is 9.20 Å². The van der Waals surface area contributed by atoms with Crippen LogP contribution in [0.5, 0.6) is 5.75 Å². The van der Waals surface area contributed by atoms with Gasteiger partial charge >= 0.3 is 0 Å². The zero-order valence-electron chi connectivity index (χ0n) is 14.7. The van der Waals surface area contributed by atoms with Crippen LogP contribution in [-0.2, 0) is 6.54 Å². The monoisotopic (exact) mass is 372 g/mol. The van der Waals surface area contributed by atoms with Crippen LogP contribution in [0.15, 0.2) is 52.8 Å².